The number of nitrogens with one attached hydrogen (secondary N) is 2. The number of hydrogen-bond donors (Lipinski definition) is 2. The Bertz CT molecular complexity index is 1010. The second-order valence-corrected chi connectivity index (χ2v) is 6.95. The maximum atomic E-state index is 12.3. The Morgan fingerprint density at radius 2 is 1.92 bits per heavy atom. The van der Waals surface area contributed by atoms with Gasteiger partial charge in [-0.2, -0.15) is 5.10 Å². The van der Waals surface area contributed by atoms with Crippen molar-refractivity contribution in [2.24, 2.45) is 0 Å². The number of rotatable bonds is 5. The fourth-order valence-corrected chi connectivity index (χ4v) is 3.11. The molecule has 2 heterocycles. The zero-order chi connectivity index (χ0) is 17.2. The van der Waals surface area contributed by atoms with Gasteiger partial charge >= 0.3 is 0 Å². The lowest BCUT2D eigenvalue weighted by Gasteiger charge is -2.06. The molecule has 3 aromatic rings. The third kappa shape index (κ3) is 3.56. The maximum absolute atomic E-state index is 12.3. The van der Waals surface area contributed by atoms with E-state index in [1.807, 2.05) is 0 Å². The minimum absolute atomic E-state index is 0.0367. The molecule has 2 aromatic heterocycles. The van der Waals surface area contributed by atoms with E-state index < -0.39 is 10.0 Å². The summed E-state index contributed by atoms with van der Waals surface area (Å²) >= 11 is 6.00. The number of hydrogen-bond acceptors (Lipinski definition) is 5. The van der Waals surface area contributed by atoms with E-state index in [1.165, 1.54) is 24.3 Å². The minimum Gasteiger partial charge on any atom is -0.442 e. The van der Waals surface area contributed by atoms with E-state index in [9.17, 15) is 13.2 Å². The predicted molar refractivity (Wildman–Crippen MR) is 88.0 cm³/mol. The molecule has 0 bridgehead atoms. The van der Waals surface area contributed by atoms with Gasteiger partial charge in [0.25, 0.3) is 15.6 Å². The van der Waals surface area contributed by atoms with E-state index >= 15 is 0 Å². The van der Waals surface area contributed by atoms with Gasteiger partial charge in [0.2, 0.25) is 5.09 Å². The standard InChI is InChI=1S/C15H12ClN3O4S/c16-11-4-2-1-3-10(11)9-17-24(21,22)15-8-6-13(23-15)12-5-7-14(20)19-18-12/h1-8,17H,9H2,(H,19,20). The van der Waals surface area contributed by atoms with Crippen LogP contribution in [0.1, 0.15) is 5.56 Å². The van der Waals surface area contributed by atoms with E-state index in [2.05, 4.69) is 14.9 Å². The number of halogens is 1. The van der Waals surface area contributed by atoms with Gasteiger partial charge in [0.05, 0.1) is 0 Å². The first kappa shape index (κ1) is 16.4. The predicted octanol–water partition coefficient (Wildman–Crippen LogP) is 2.16. The van der Waals surface area contributed by atoms with Crippen molar-refractivity contribution >= 4 is 21.6 Å². The molecular formula is C15H12ClN3O4S. The number of nitrogens with zero attached hydrogens (tertiary/aromatic N) is 1. The Hall–Kier alpha value is -2.42. The van der Waals surface area contributed by atoms with Crippen molar-refractivity contribution in [2.45, 2.75) is 11.6 Å². The zero-order valence-electron chi connectivity index (χ0n) is 12.2. The van der Waals surface area contributed by atoms with Crippen LogP contribution in [-0.2, 0) is 16.6 Å². The molecule has 0 unspecified atom stereocenters. The smallest absolute Gasteiger partial charge is 0.274 e. The summed E-state index contributed by atoms with van der Waals surface area (Å²) in [7, 11) is -3.85. The lowest BCUT2D eigenvalue weighted by molar-refractivity contribution is 0.454. The molecule has 0 radical (unpaired) electrons. The second kappa shape index (κ2) is 6.60. The van der Waals surface area contributed by atoms with E-state index in [0.29, 0.717) is 16.3 Å². The Kier molecular flexibility index (Phi) is 4.52. The summed E-state index contributed by atoms with van der Waals surface area (Å²) in [6.45, 7) is 0.0367. The molecule has 0 aliphatic carbocycles. The van der Waals surface area contributed by atoms with E-state index in [1.54, 1.807) is 24.3 Å². The number of benzene rings is 1. The molecule has 1 aromatic carbocycles. The molecule has 0 spiro atoms. The maximum Gasteiger partial charge on any atom is 0.274 e. The molecule has 3 rings (SSSR count). The fraction of sp³-hybridized carbons (Fsp3) is 0.0667. The van der Waals surface area contributed by atoms with Crippen molar-refractivity contribution in [3.05, 3.63) is 69.5 Å². The van der Waals surface area contributed by atoms with Crippen LogP contribution in [0.15, 0.2) is 62.8 Å². The monoisotopic (exact) mass is 365 g/mol. The Balaban J connectivity index is 1.79. The number of aromatic amines is 1. The molecule has 0 saturated carbocycles. The average molecular weight is 366 g/mol. The number of H-pyrrole nitrogens is 1. The van der Waals surface area contributed by atoms with E-state index in [0.717, 1.165) is 0 Å². The quantitative estimate of drug-likeness (QED) is 0.720. The third-order valence-electron chi connectivity index (χ3n) is 3.19. The summed E-state index contributed by atoms with van der Waals surface area (Å²) in [5.74, 6) is 0.226. The van der Waals surface area contributed by atoms with Gasteiger partial charge in [-0.25, -0.2) is 18.2 Å². The van der Waals surface area contributed by atoms with E-state index in [-0.39, 0.29) is 23.0 Å². The lowest BCUT2D eigenvalue weighted by atomic mass is 10.2. The van der Waals surface area contributed by atoms with Crippen LogP contribution in [0.25, 0.3) is 11.5 Å². The van der Waals surface area contributed by atoms with Crippen LogP contribution in [0.4, 0.5) is 0 Å². The average Bonchev–Trinajstić information content (AvgIpc) is 3.06. The summed E-state index contributed by atoms with van der Waals surface area (Å²) in [5.41, 5.74) is 0.610. The van der Waals surface area contributed by atoms with Gasteiger partial charge in [-0.15, -0.1) is 0 Å². The summed E-state index contributed by atoms with van der Waals surface area (Å²) in [6, 6.07) is 12.4. The molecular weight excluding hydrogens is 354 g/mol. The third-order valence-corrected chi connectivity index (χ3v) is 4.83. The van der Waals surface area contributed by atoms with Gasteiger partial charge < -0.3 is 4.42 Å². The lowest BCUT2D eigenvalue weighted by Crippen LogP contribution is -2.22. The molecule has 0 fully saturated rings. The van der Waals surface area contributed by atoms with Crippen LogP contribution in [0, 0.1) is 0 Å². The second-order valence-electron chi connectivity index (χ2n) is 4.84. The van der Waals surface area contributed by atoms with Crippen molar-refractivity contribution in [1.82, 2.24) is 14.9 Å². The largest absolute Gasteiger partial charge is 0.442 e. The van der Waals surface area contributed by atoms with Gasteiger partial charge in [-0.3, -0.25) is 4.79 Å². The highest BCUT2D eigenvalue weighted by Crippen LogP contribution is 2.22. The van der Waals surface area contributed by atoms with Gasteiger partial charge in [0.1, 0.15) is 5.69 Å². The van der Waals surface area contributed by atoms with Crippen molar-refractivity contribution in [3.63, 3.8) is 0 Å². The highest BCUT2D eigenvalue weighted by molar-refractivity contribution is 7.89. The van der Waals surface area contributed by atoms with Crippen molar-refractivity contribution in [3.8, 4) is 11.5 Å². The number of aromatic nitrogens is 2. The van der Waals surface area contributed by atoms with Gasteiger partial charge in [-0.05, 0) is 29.8 Å². The van der Waals surface area contributed by atoms with Crippen LogP contribution in [-0.4, -0.2) is 18.6 Å². The molecule has 0 aliphatic heterocycles. The van der Waals surface area contributed by atoms with Crippen LogP contribution in [0.5, 0.6) is 0 Å². The Labute approximate surface area is 142 Å². The van der Waals surface area contributed by atoms with Crippen molar-refractivity contribution in [1.29, 1.82) is 0 Å². The topological polar surface area (TPSA) is 105 Å². The Morgan fingerprint density at radius 1 is 1.12 bits per heavy atom. The first-order valence-electron chi connectivity index (χ1n) is 6.85. The van der Waals surface area contributed by atoms with Gasteiger partial charge in [0.15, 0.2) is 5.76 Å². The zero-order valence-corrected chi connectivity index (χ0v) is 13.8. The highest BCUT2D eigenvalue weighted by Gasteiger charge is 2.20. The van der Waals surface area contributed by atoms with Crippen LogP contribution < -0.4 is 10.3 Å². The van der Waals surface area contributed by atoms with Crippen LogP contribution >= 0.6 is 11.6 Å². The van der Waals surface area contributed by atoms with Gasteiger partial charge in [0, 0.05) is 17.6 Å². The molecule has 0 amide bonds. The number of sulfonamides is 1. The molecule has 7 nitrogen and oxygen atoms in total. The minimum atomic E-state index is -3.85. The molecule has 124 valence electrons. The number of furan rings is 1. The summed E-state index contributed by atoms with van der Waals surface area (Å²) in [6.07, 6.45) is 0. The van der Waals surface area contributed by atoms with Crippen molar-refractivity contribution in [2.75, 3.05) is 0 Å². The van der Waals surface area contributed by atoms with Crippen molar-refractivity contribution < 1.29 is 12.8 Å². The van der Waals surface area contributed by atoms with Gasteiger partial charge in [-0.1, -0.05) is 29.8 Å². The first-order valence-corrected chi connectivity index (χ1v) is 8.71. The summed E-state index contributed by atoms with van der Waals surface area (Å²) < 4.78 is 32.3. The van der Waals surface area contributed by atoms with Crippen LogP contribution in [0.2, 0.25) is 5.02 Å². The fourth-order valence-electron chi connectivity index (χ4n) is 1.97. The SMILES string of the molecule is O=c1ccc(-c2ccc(S(=O)(=O)NCc3ccccc3Cl)o2)n[nH]1. The summed E-state index contributed by atoms with van der Waals surface area (Å²) in [5, 5.41) is 6.26. The molecule has 0 atom stereocenters. The summed E-state index contributed by atoms with van der Waals surface area (Å²) in [4.78, 5) is 11.0. The molecule has 2 N–H and O–H groups in total. The molecule has 0 aliphatic rings. The molecule has 24 heavy (non-hydrogen) atoms. The molecule has 9 heteroatoms. The Morgan fingerprint density at radius 3 is 2.62 bits per heavy atom. The van der Waals surface area contributed by atoms with E-state index in [4.69, 9.17) is 16.0 Å². The first-order chi connectivity index (χ1) is 11.5. The highest BCUT2D eigenvalue weighted by atomic mass is 35.5. The normalized spacial score (nSPS) is 11.5. The van der Waals surface area contributed by atoms with Crippen LogP contribution in [0.3, 0.4) is 0 Å². The molecule has 0 saturated heterocycles.